The first-order valence-corrected chi connectivity index (χ1v) is 6.15. The molecule has 1 saturated heterocycles. The average molecular weight is 235 g/mol. The van der Waals surface area contributed by atoms with Crippen molar-refractivity contribution in [2.45, 2.75) is 25.0 Å². The Morgan fingerprint density at radius 1 is 1.41 bits per heavy atom. The molecule has 1 aliphatic heterocycles. The lowest BCUT2D eigenvalue weighted by Crippen LogP contribution is -2.42. The Labute approximate surface area is 103 Å². The predicted molar refractivity (Wildman–Crippen MR) is 67.9 cm³/mol. The number of rotatable bonds is 4. The average Bonchev–Trinajstić information content (AvgIpc) is 2.83. The number of likely N-dealkylation sites (N-methyl/N-ethyl adjacent to an activating group) is 1. The molecule has 0 saturated carbocycles. The summed E-state index contributed by atoms with van der Waals surface area (Å²) in [6.07, 6.45) is 1.06. The van der Waals surface area contributed by atoms with Crippen molar-refractivity contribution < 1.29 is 9.84 Å². The molecule has 0 bridgehead atoms. The second-order valence-corrected chi connectivity index (χ2v) is 5.07. The topological polar surface area (TPSA) is 32.7 Å². The number of ether oxygens (including phenoxy) is 1. The minimum atomic E-state index is -0.807. The molecule has 0 aromatic heterocycles. The highest BCUT2D eigenvalue weighted by molar-refractivity contribution is 5.21. The summed E-state index contributed by atoms with van der Waals surface area (Å²) in [5, 5.41) is 10.5. The lowest BCUT2D eigenvalue weighted by Gasteiger charge is -2.32. The standard InChI is InChI=1S/C14H21NO2/c1-14(16,12-6-4-3-5-7-12)11-15(2)13-8-9-17-10-13/h3-7,13,16H,8-11H2,1-2H3. The van der Waals surface area contributed by atoms with Crippen molar-refractivity contribution in [3.05, 3.63) is 35.9 Å². The third kappa shape index (κ3) is 3.06. The molecular formula is C14H21NO2. The molecule has 94 valence electrons. The molecule has 2 atom stereocenters. The van der Waals surface area contributed by atoms with Crippen molar-refractivity contribution in [2.24, 2.45) is 0 Å². The largest absolute Gasteiger partial charge is 0.384 e. The molecule has 0 aliphatic carbocycles. The maximum absolute atomic E-state index is 10.5. The highest BCUT2D eigenvalue weighted by Gasteiger charge is 2.29. The van der Waals surface area contributed by atoms with Crippen molar-refractivity contribution in [2.75, 3.05) is 26.8 Å². The summed E-state index contributed by atoms with van der Waals surface area (Å²) in [6.45, 7) is 4.11. The van der Waals surface area contributed by atoms with Gasteiger partial charge in [0.1, 0.15) is 0 Å². The van der Waals surface area contributed by atoms with Crippen molar-refractivity contribution in [3.8, 4) is 0 Å². The van der Waals surface area contributed by atoms with Gasteiger partial charge in [0, 0.05) is 19.2 Å². The zero-order valence-corrected chi connectivity index (χ0v) is 10.6. The first-order chi connectivity index (χ1) is 8.09. The van der Waals surface area contributed by atoms with E-state index in [2.05, 4.69) is 11.9 Å². The summed E-state index contributed by atoms with van der Waals surface area (Å²) >= 11 is 0. The van der Waals surface area contributed by atoms with Gasteiger partial charge in [-0.2, -0.15) is 0 Å². The van der Waals surface area contributed by atoms with Crippen LogP contribution in [0.3, 0.4) is 0 Å². The maximum Gasteiger partial charge on any atom is 0.0994 e. The Hall–Kier alpha value is -0.900. The first kappa shape index (κ1) is 12.6. The van der Waals surface area contributed by atoms with E-state index in [1.807, 2.05) is 37.3 Å². The molecule has 1 fully saturated rings. The molecule has 1 heterocycles. The van der Waals surface area contributed by atoms with E-state index in [9.17, 15) is 5.11 Å². The van der Waals surface area contributed by atoms with Crippen molar-refractivity contribution in [1.82, 2.24) is 4.90 Å². The molecule has 17 heavy (non-hydrogen) atoms. The lowest BCUT2D eigenvalue weighted by molar-refractivity contribution is 0.0100. The Kier molecular flexibility index (Phi) is 3.82. The van der Waals surface area contributed by atoms with E-state index >= 15 is 0 Å². The molecule has 0 spiro atoms. The fraction of sp³-hybridized carbons (Fsp3) is 0.571. The Morgan fingerprint density at radius 2 is 2.12 bits per heavy atom. The van der Waals surface area contributed by atoms with Crippen LogP contribution >= 0.6 is 0 Å². The maximum atomic E-state index is 10.5. The van der Waals surface area contributed by atoms with Crippen LogP contribution in [-0.4, -0.2) is 42.9 Å². The third-order valence-electron chi connectivity index (χ3n) is 3.48. The lowest BCUT2D eigenvalue weighted by atomic mass is 9.95. The van der Waals surface area contributed by atoms with E-state index in [4.69, 9.17) is 4.74 Å². The smallest absolute Gasteiger partial charge is 0.0994 e. The van der Waals surface area contributed by atoms with E-state index in [1.54, 1.807) is 0 Å². The van der Waals surface area contributed by atoms with Gasteiger partial charge in [0.15, 0.2) is 0 Å². The first-order valence-electron chi connectivity index (χ1n) is 6.15. The quantitative estimate of drug-likeness (QED) is 0.860. The third-order valence-corrected chi connectivity index (χ3v) is 3.48. The zero-order chi connectivity index (χ0) is 12.3. The van der Waals surface area contributed by atoms with Gasteiger partial charge in [-0.05, 0) is 26.0 Å². The molecule has 1 N–H and O–H groups in total. The second-order valence-electron chi connectivity index (χ2n) is 5.07. The van der Waals surface area contributed by atoms with Crippen LogP contribution in [0.1, 0.15) is 18.9 Å². The second kappa shape index (κ2) is 5.17. The van der Waals surface area contributed by atoms with E-state index in [0.717, 1.165) is 25.2 Å². The summed E-state index contributed by atoms with van der Waals surface area (Å²) < 4.78 is 5.38. The molecule has 3 nitrogen and oxygen atoms in total. The van der Waals surface area contributed by atoms with Crippen LogP contribution in [-0.2, 0) is 10.3 Å². The van der Waals surface area contributed by atoms with Crippen LogP contribution < -0.4 is 0 Å². The highest BCUT2D eigenvalue weighted by atomic mass is 16.5. The zero-order valence-electron chi connectivity index (χ0n) is 10.6. The van der Waals surface area contributed by atoms with Crippen molar-refractivity contribution in [3.63, 3.8) is 0 Å². The summed E-state index contributed by atoms with van der Waals surface area (Å²) in [7, 11) is 2.05. The minimum Gasteiger partial charge on any atom is -0.384 e. The monoisotopic (exact) mass is 235 g/mol. The molecule has 2 unspecified atom stereocenters. The number of benzene rings is 1. The van der Waals surface area contributed by atoms with Crippen molar-refractivity contribution in [1.29, 1.82) is 0 Å². The molecule has 0 radical (unpaired) electrons. The predicted octanol–water partition coefficient (Wildman–Crippen LogP) is 1.61. The van der Waals surface area contributed by atoms with E-state index < -0.39 is 5.60 Å². The number of hydrogen-bond donors (Lipinski definition) is 1. The van der Waals surface area contributed by atoms with Crippen molar-refractivity contribution >= 4 is 0 Å². The fourth-order valence-corrected chi connectivity index (χ4v) is 2.37. The summed E-state index contributed by atoms with van der Waals surface area (Å²) in [6, 6.07) is 10.3. The molecule has 2 rings (SSSR count). The Balaban J connectivity index is 2.01. The molecule has 3 heteroatoms. The van der Waals surface area contributed by atoms with Gasteiger partial charge in [-0.3, -0.25) is 4.90 Å². The van der Waals surface area contributed by atoms with Crippen LogP contribution in [0.5, 0.6) is 0 Å². The van der Waals surface area contributed by atoms with Crippen LogP contribution in [0, 0.1) is 0 Å². The Bertz CT molecular complexity index is 344. The van der Waals surface area contributed by atoms with E-state index in [0.29, 0.717) is 12.6 Å². The Morgan fingerprint density at radius 3 is 2.71 bits per heavy atom. The van der Waals surface area contributed by atoms with Gasteiger partial charge in [0.2, 0.25) is 0 Å². The normalized spacial score (nSPS) is 23.9. The molecule has 1 aromatic carbocycles. The summed E-state index contributed by atoms with van der Waals surface area (Å²) in [5.41, 5.74) is 0.157. The summed E-state index contributed by atoms with van der Waals surface area (Å²) in [5.74, 6) is 0. The van der Waals surface area contributed by atoms with Gasteiger partial charge < -0.3 is 9.84 Å². The molecule has 0 amide bonds. The molecule has 1 aromatic rings. The van der Waals surface area contributed by atoms with Crippen LogP contribution in [0.15, 0.2) is 30.3 Å². The van der Waals surface area contributed by atoms with Gasteiger partial charge in [-0.25, -0.2) is 0 Å². The van der Waals surface area contributed by atoms with E-state index in [1.165, 1.54) is 0 Å². The number of aliphatic hydroxyl groups is 1. The number of hydrogen-bond acceptors (Lipinski definition) is 3. The van der Waals surface area contributed by atoms with Crippen LogP contribution in [0.4, 0.5) is 0 Å². The highest BCUT2D eigenvalue weighted by Crippen LogP contribution is 2.23. The van der Waals surface area contributed by atoms with Gasteiger partial charge in [-0.15, -0.1) is 0 Å². The van der Waals surface area contributed by atoms with Crippen LogP contribution in [0.25, 0.3) is 0 Å². The minimum absolute atomic E-state index is 0.435. The molecule has 1 aliphatic rings. The van der Waals surface area contributed by atoms with E-state index in [-0.39, 0.29) is 0 Å². The fourth-order valence-electron chi connectivity index (χ4n) is 2.37. The van der Waals surface area contributed by atoms with Gasteiger partial charge in [-0.1, -0.05) is 30.3 Å². The number of nitrogens with zero attached hydrogens (tertiary/aromatic N) is 1. The summed E-state index contributed by atoms with van der Waals surface area (Å²) in [4.78, 5) is 2.19. The SMILES string of the molecule is CN(CC(C)(O)c1ccccc1)C1CCOC1. The molecular weight excluding hydrogens is 214 g/mol. The van der Waals surface area contributed by atoms with Gasteiger partial charge in [0.05, 0.1) is 12.2 Å². The van der Waals surface area contributed by atoms with Gasteiger partial charge in [0.25, 0.3) is 0 Å². The van der Waals surface area contributed by atoms with Gasteiger partial charge >= 0.3 is 0 Å². The van der Waals surface area contributed by atoms with Crippen LogP contribution in [0.2, 0.25) is 0 Å².